The standard InChI is InChI=1S/C4H10O2.2CH3.Ti/c1-3(5)4(2)6;;;/h3-6H,1-2H3;2*1H3;/q;2*-1;+2. The third kappa shape index (κ3) is 17.7. The van der Waals surface area contributed by atoms with Gasteiger partial charge in [-0.15, -0.1) is 0 Å². The summed E-state index contributed by atoms with van der Waals surface area (Å²) < 4.78 is 0. The third-order valence-electron chi connectivity index (χ3n) is 0.698. The molecule has 0 rings (SSSR count). The number of aliphatic hydroxyl groups excluding tert-OH is 2. The van der Waals surface area contributed by atoms with Crippen LogP contribution in [0.5, 0.6) is 0 Å². The van der Waals surface area contributed by atoms with E-state index in [1.807, 2.05) is 0 Å². The maximum atomic E-state index is 8.38. The first-order valence-corrected chi connectivity index (χ1v) is 2.00. The van der Waals surface area contributed by atoms with Crippen molar-refractivity contribution in [1.82, 2.24) is 0 Å². The van der Waals surface area contributed by atoms with E-state index < -0.39 is 12.2 Å². The predicted octanol–water partition coefficient (Wildman–Crippen LogP) is 0.646. The number of hydrogen-bond acceptors (Lipinski definition) is 2. The van der Waals surface area contributed by atoms with E-state index in [0.717, 1.165) is 0 Å². The molecule has 0 fully saturated rings. The Kier molecular flexibility index (Phi) is 28.7. The molecule has 0 radical (unpaired) electrons. The second-order valence-corrected chi connectivity index (χ2v) is 1.48. The van der Waals surface area contributed by atoms with Gasteiger partial charge in [0.1, 0.15) is 0 Å². The molecular formula is C6H16O2Ti. The summed E-state index contributed by atoms with van der Waals surface area (Å²) >= 11 is 0. The molecule has 0 spiro atoms. The summed E-state index contributed by atoms with van der Waals surface area (Å²) in [6, 6.07) is 0. The first kappa shape index (κ1) is 22.6. The van der Waals surface area contributed by atoms with Crippen LogP contribution >= 0.6 is 0 Å². The van der Waals surface area contributed by atoms with Gasteiger partial charge in [0, 0.05) is 0 Å². The van der Waals surface area contributed by atoms with Crippen molar-refractivity contribution in [3.8, 4) is 0 Å². The molecule has 3 heteroatoms. The van der Waals surface area contributed by atoms with E-state index in [0.29, 0.717) is 0 Å². The molecule has 0 saturated heterocycles. The molecule has 0 aliphatic heterocycles. The van der Waals surface area contributed by atoms with Crippen LogP contribution in [-0.4, -0.2) is 22.4 Å². The predicted molar refractivity (Wildman–Crippen MR) is 36.2 cm³/mol. The summed E-state index contributed by atoms with van der Waals surface area (Å²) in [4.78, 5) is 0. The second-order valence-electron chi connectivity index (χ2n) is 1.48. The van der Waals surface area contributed by atoms with Crippen molar-refractivity contribution < 1.29 is 31.9 Å². The molecule has 2 atom stereocenters. The molecule has 0 heterocycles. The van der Waals surface area contributed by atoms with Gasteiger partial charge in [0.2, 0.25) is 0 Å². The smallest absolute Gasteiger partial charge is 0.391 e. The van der Waals surface area contributed by atoms with E-state index in [1.165, 1.54) is 0 Å². The molecule has 2 nitrogen and oxygen atoms in total. The molecule has 9 heavy (non-hydrogen) atoms. The molecule has 56 valence electrons. The molecule has 2 unspecified atom stereocenters. The van der Waals surface area contributed by atoms with Gasteiger partial charge in [0.25, 0.3) is 0 Å². The Balaban J connectivity index is -0.0000000417. The first-order valence-electron chi connectivity index (χ1n) is 2.00. The van der Waals surface area contributed by atoms with Crippen LogP contribution < -0.4 is 0 Å². The van der Waals surface area contributed by atoms with Crippen molar-refractivity contribution in [2.24, 2.45) is 0 Å². The average molecular weight is 168 g/mol. The molecule has 0 saturated carbocycles. The van der Waals surface area contributed by atoms with Crippen molar-refractivity contribution in [2.75, 3.05) is 0 Å². The van der Waals surface area contributed by atoms with Gasteiger partial charge in [-0.05, 0) is 13.8 Å². The molecule has 0 aliphatic rings. The fourth-order valence-corrected chi connectivity index (χ4v) is 0. The zero-order valence-electron chi connectivity index (χ0n) is 6.55. The zero-order chi connectivity index (χ0) is 5.15. The van der Waals surface area contributed by atoms with Gasteiger partial charge in [-0.1, -0.05) is 0 Å². The van der Waals surface area contributed by atoms with Crippen molar-refractivity contribution in [3.05, 3.63) is 14.9 Å². The molecule has 0 aliphatic carbocycles. The quantitative estimate of drug-likeness (QED) is 0.445. The van der Waals surface area contributed by atoms with Crippen LogP contribution in [0.2, 0.25) is 0 Å². The summed E-state index contributed by atoms with van der Waals surface area (Å²) in [6.07, 6.45) is -1.19. The van der Waals surface area contributed by atoms with Gasteiger partial charge in [0.05, 0.1) is 12.2 Å². The van der Waals surface area contributed by atoms with Crippen molar-refractivity contribution >= 4 is 0 Å². The van der Waals surface area contributed by atoms with Crippen LogP contribution in [0.1, 0.15) is 13.8 Å². The van der Waals surface area contributed by atoms with Gasteiger partial charge in [0.15, 0.2) is 0 Å². The SMILES string of the molecule is CC(O)C(C)O.[CH3-].[CH3-].[Ti+2]. The maximum absolute atomic E-state index is 8.38. The van der Waals surface area contributed by atoms with E-state index in [2.05, 4.69) is 0 Å². The summed E-state index contributed by atoms with van der Waals surface area (Å²) in [5.74, 6) is 0. The Morgan fingerprint density at radius 1 is 0.889 bits per heavy atom. The van der Waals surface area contributed by atoms with E-state index in [9.17, 15) is 0 Å². The van der Waals surface area contributed by atoms with Crippen molar-refractivity contribution in [2.45, 2.75) is 26.1 Å². The fraction of sp³-hybridized carbons (Fsp3) is 0.667. The summed E-state index contributed by atoms with van der Waals surface area (Å²) in [7, 11) is 0. The van der Waals surface area contributed by atoms with Crippen LogP contribution in [0.15, 0.2) is 0 Å². The summed E-state index contributed by atoms with van der Waals surface area (Å²) in [5.41, 5.74) is 0. The molecular weight excluding hydrogens is 152 g/mol. The van der Waals surface area contributed by atoms with E-state index in [1.54, 1.807) is 13.8 Å². The Morgan fingerprint density at radius 2 is 1.00 bits per heavy atom. The third-order valence-corrected chi connectivity index (χ3v) is 0.698. The van der Waals surface area contributed by atoms with Gasteiger partial charge in [-0.3, -0.25) is 0 Å². The van der Waals surface area contributed by atoms with E-state index >= 15 is 0 Å². The monoisotopic (exact) mass is 168 g/mol. The zero-order valence-corrected chi connectivity index (χ0v) is 8.11. The second kappa shape index (κ2) is 11.4. The first-order chi connectivity index (χ1) is 2.64. The van der Waals surface area contributed by atoms with E-state index in [-0.39, 0.29) is 36.6 Å². The Bertz CT molecular complexity index is 32.0. The molecule has 0 bridgehead atoms. The van der Waals surface area contributed by atoms with Gasteiger partial charge < -0.3 is 25.1 Å². The van der Waals surface area contributed by atoms with Crippen molar-refractivity contribution in [3.63, 3.8) is 0 Å². The Labute approximate surface area is 73.2 Å². The minimum absolute atomic E-state index is 0. The summed E-state index contributed by atoms with van der Waals surface area (Å²) in [5, 5.41) is 16.8. The number of hydrogen-bond donors (Lipinski definition) is 2. The van der Waals surface area contributed by atoms with Crippen LogP contribution in [0.3, 0.4) is 0 Å². The topological polar surface area (TPSA) is 40.5 Å². The average Bonchev–Trinajstić information content (AvgIpc) is 1.36. The molecule has 0 aromatic heterocycles. The molecule has 0 aromatic rings. The van der Waals surface area contributed by atoms with Gasteiger partial charge >= 0.3 is 21.7 Å². The Hall–Kier alpha value is 0.634. The van der Waals surface area contributed by atoms with Crippen LogP contribution in [-0.2, 0) is 21.7 Å². The number of rotatable bonds is 1. The normalized spacial score (nSPS) is 13.3. The number of aliphatic hydroxyl groups is 2. The minimum Gasteiger partial charge on any atom is -0.391 e. The maximum Gasteiger partial charge on any atom is 2.00 e. The molecule has 0 aromatic carbocycles. The summed E-state index contributed by atoms with van der Waals surface area (Å²) in [6.45, 7) is 3.09. The van der Waals surface area contributed by atoms with Crippen molar-refractivity contribution in [1.29, 1.82) is 0 Å². The van der Waals surface area contributed by atoms with Gasteiger partial charge in [-0.2, -0.15) is 0 Å². The molecule has 0 amide bonds. The molecule has 2 N–H and O–H groups in total. The Morgan fingerprint density at radius 3 is 1.00 bits per heavy atom. The van der Waals surface area contributed by atoms with Crippen LogP contribution in [0.4, 0.5) is 0 Å². The van der Waals surface area contributed by atoms with Gasteiger partial charge in [-0.25, -0.2) is 0 Å². The largest absolute Gasteiger partial charge is 2.00 e. The minimum atomic E-state index is -0.593. The van der Waals surface area contributed by atoms with Crippen LogP contribution in [0.25, 0.3) is 0 Å². The van der Waals surface area contributed by atoms with Crippen LogP contribution in [0, 0.1) is 14.9 Å². The van der Waals surface area contributed by atoms with E-state index in [4.69, 9.17) is 10.2 Å². The fourth-order valence-electron chi connectivity index (χ4n) is 0.